The van der Waals surface area contributed by atoms with Crippen LogP contribution in [0.5, 0.6) is 0 Å². The quantitative estimate of drug-likeness (QED) is 0.0861. The molecule has 0 saturated heterocycles. The molecule has 0 bridgehead atoms. The Labute approximate surface area is 314 Å². The summed E-state index contributed by atoms with van der Waals surface area (Å²) in [6, 6.07) is 4.32. The molecule has 3 aromatic heterocycles. The molecule has 0 spiro atoms. The number of nitrogens with one attached hydrogen (secondary N) is 7. The second-order valence-corrected chi connectivity index (χ2v) is 15.5. The van der Waals surface area contributed by atoms with Crippen molar-refractivity contribution in [1.29, 1.82) is 0 Å². The van der Waals surface area contributed by atoms with E-state index in [1.807, 2.05) is 24.3 Å². The van der Waals surface area contributed by atoms with Crippen LogP contribution in [0.3, 0.4) is 0 Å². The fourth-order valence-electron chi connectivity index (χ4n) is 7.53. The molecule has 2 saturated carbocycles. The first-order valence-electron chi connectivity index (χ1n) is 19.0. The number of carbonyl (C=O) groups excluding carboxylic acids is 4. The Kier molecular flexibility index (Phi) is 12.4. The number of aromatic amines is 3. The van der Waals surface area contributed by atoms with E-state index in [0.29, 0.717) is 23.2 Å². The maximum absolute atomic E-state index is 14.3. The van der Waals surface area contributed by atoms with Crippen LogP contribution >= 0.6 is 0 Å². The van der Waals surface area contributed by atoms with Gasteiger partial charge in [-0.05, 0) is 58.1 Å². The Morgan fingerprint density at radius 2 is 1.28 bits per heavy atom. The highest BCUT2D eigenvalue weighted by molar-refractivity contribution is 5.94. The van der Waals surface area contributed by atoms with Gasteiger partial charge in [0.15, 0.2) is 0 Å². The molecule has 3 heterocycles. The number of hydroxylamine groups is 1. The smallest absolute Gasteiger partial charge is 0.408 e. The van der Waals surface area contributed by atoms with E-state index in [0.717, 1.165) is 79.5 Å². The number of imidazole rings is 2. The Hall–Kier alpha value is -5.18. The van der Waals surface area contributed by atoms with E-state index in [9.17, 15) is 19.2 Å². The summed E-state index contributed by atoms with van der Waals surface area (Å²) < 4.78 is 5.52. The molecule has 3 atom stereocenters. The van der Waals surface area contributed by atoms with Crippen LogP contribution in [0.25, 0.3) is 10.9 Å². The number of aromatic nitrogens is 5. The molecule has 0 unspecified atom stereocenters. The Morgan fingerprint density at radius 1 is 0.759 bits per heavy atom. The van der Waals surface area contributed by atoms with Gasteiger partial charge in [0, 0.05) is 72.0 Å². The molecular formula is C39H53N9O6. The molecule has 15 nitrogen and oxygen atoms in total. The molecule has 2 aliphatic carbocycles. The van der Waals surface area contributed by atoms with Crippen molar-refractivity contribution in [3.8, 4) is 0 Å². The van der Waals surface area contributed by atoms with E-state index >= 15 is 0 Å². The molecule has 54 heavy (non-hydrogen) atoms. The predicted molar refractivity (Wildman–Crippen MR) is 201 cm³/mol. The zero-order valence-electron chi connectivity index (χ0n) is 31.6. The van der Waals surface area contributed by atoms with Crippen molar-refractivity contribution in [3.05, 3.63) is 71.5 Å². The Bertz CT molecular complexity index is 1900. The van der Waals surface area contributed by atoms with Crippen molar-refractivity contribution in [2.75, 3.05) is 7.11 Å². The summed E-state index contributed by atoms with van der Waals surface area (Å²) in [5, 5.41) is 9.36. The fourth-order valence-corrected chi connectivity index (χ4v) is 7.53. The molecule has 4 aromatic rings. The number of H-pyrrole nitrogens is 3. The maximum atomic E-state index is 14.3. The van der Waals surface area contributed by atoms with Gasteiger partial charge in [-0.15, -0.1) is 0 Å². The number of fused-ring (bicyclic) bond motifs is 1. The van der Waals surface area contributed by atoms with Crippen LogP contribution in [-0.4, -0.2) is 79.6 Å². The van der Waals surface area contributed by atoms with Gasteiger partial charge in [0.05, 0.1) is 7.11 Å². The number of rotatable bonds is 15. The van der Waals surface area contributed by atoms with E-state index in [-0.39, 0.29) is 19.3 Å². The highest BCUT2D eigenvalue weighted by atomic mass is 16.6. The van der Waals surface area contributed by atoms with Gasteiger partial charge in [-0.25, -0.2) is 20.2 Å². The van der Waals surface area contributed by atoms with Gasteiger partial charge >= 0.3 is 6.09 Å². The molecule has 6 rings (SSSR count). The second-order valence-electron chi connectivity index (χ2n) is 15.5. The number of hydrogen-bond donors (Lipinski definition) is 7. The van der Waals surface area contributed by atoms with Crippen LogP contribution in [0.1, 0.15) is 113 Å². The van der Waals surface area contributed by atoms with Crippen LogP contribution in [0.15, 0.2) is 42.9 Å². The lowest BCUT2D eigenvalue weighted by Gasteiger charge is -2.26. The first-order chi connectivity index (χ1) is 26.0. The summed E-state index contributed by atoms with van der Waals surface area (Å²) in [5.74, 6) is 0.639. The normalized spacial score (nSPS) is 16.9. The van der Waals surface area contributed by atoms with Gasteiger partial charge in [0.2, 0.25) is 11.8 Å². The molecule has 4 amide bonds. The van der Waals surface area contributed by atoms with Gasteiger partial charge in [0.1, 0.15) is 35.4 Å². The molecule has 0 aliphatic heterocycles. The number of amides is 4. The van der Waals surface area contributed by atoms with Crippen LogP contribution in [-0.2, 0) is 43.2 Å². The number of ether oxygens (including phenoxy) is 1. The van der Waals surface area contributed by atoms with Crippen molar-refractivity contribution in [3.63, 3.8) is 0 Å². The van der Waals surface area contributed by atoms with Gasteiger partial charge in [-0.2, -0.15) is 0 Å². The minimum absolute atomic E-state index is 0.0776. The highest BCUT2D eigenvalue weighted by Crippen LogP contribution is 2.33. The summed E-state index contributed by atoms with van der Waals surface area (Å²) >= 11 is 0. The zero-order valence-corrected chi connectivity index (χ0v) is 31.6. The average Bonchev–Trinajstić information content (AvgIpc) is 3.97. The van der Waals surface area contributed by atoms with Crippen LogP contribution < -0.4 is 21.4 Å². The molecular weight excluding hydrogens is 690 g/mol. The Morgan fingerprint density at radius 3 is 1.81 bits per heavy atom. The topological polar surface area (TPSA) is 208 Å². The number of nitrogens with zero attached hydrogens (tertiary/aromatic N) is 2. The first kappa shape index (κ1) is 38.5. The number of benzene rings is 1. The van der Waals surface area contributed by atoms with Crippen LogP contribution in [0.2, 0.25) is 0 Å². The molecule has 290 valence electrons. The lowest BCUT2D eigenvalue weighted by atomic mass is 10.0. The van der Waals surface area contributed by atoms with E-state index in [1.165, 1.54) is 7.11 Å². The third-order valence-corrected chi connectivity index (χ3v) is 10.2. The molecule has 0 radical (unpaired) electrons. The summed E-state index contributed by atoms with van der Waals surface area (Å²) in [5.41, 5.74) is 4.53. The van der Waals surface area contributed by atoms with Gasteiger partial charge < -0.3 is 35.6 Å². The summed E-state index contributed by atoms with van der Waals surface area (Å²) in [6.07, 6.45) is 13.5. The number of hydrogen-bond acceptors (Lipinski definition) is 8. The first-order valence-corrected chi connectivity index (χ1v) is 19.0. The van der Waals surface area contributed by atoms with Gasteiger partial charge in [-0.1, -0.05) is 43.9 Å². The van der Waals surface area contributed by atoms with Crippen molar-refractivity contribution < 1.29 is 28.8 Å². The number of alkyl carbamates (subject to hydrolysis) is 1. The van der Waals surface area contributed by atoms with Gasteiger partial charge in [-0.3, -0.25) is 19.2 Å². The third kappa shape index (κ3) is 10.1. The lowest BCUT2D eigenvalue weighted by molar-refractivity contribution is -0.137. The average molecular weight is 744 g/mol. The molecule has 2 aliphatic rings. The van der Waals surface area contributed by atoms with E-state index in [2.05, 4.69) is 46.4 Å². The Balaban J connectivity index is 1.25. The SMILES string of the molecule is CONC(=O)[C@H](Cc1cnc(C2CCCC2)[nH]1)NC(=O)[C@H](Cc1c[nH]c2ccccc12)NC(=O)[C@H](Cc1cnc(C2CCCC2)[nH]1)NC(=O)OC(C)(C)C. The fraction of sp³-hybridized carbons (Fsp3) is 0.538. The highest BCUT2D eigenvalue weighted by Gasteiger charge is 2.33. The second kappa shape index (κ2) is 17.3. The zero-order chi connectivity index (χ0) is 38.2. The summed E-state index contributed by atoms with van der Waals surface area (Å²) in [6.45, 7) is 5.21. The van der Waals surface area contributed by atoms with Crippen molar-refractivity contribution in [2.45, 2.75) is 127 Å². The lowest BCUT2D eigenvalue weighted by Crippen LogP contribution is -2.58. The third-order valence-electron chi connectivity index (χ3n) is 10.2. The van der Waals surface area contributed by atoms with Crippen molar-refractivity contribution in [1.82, 2.24) is 46.4 Å². The molecule has 7 N–H and O–H groups in total. The summed E-state index contributed by atoms with van der Waals surface area (Å²) in [7, 11) is 1.32. The standard InChI is InChI=1S/C39H53N9O6/c1-39(2,3)54-38(52)47-31(18-26-21-41-33(43-26)23-11-5-6-12-23)36(50)45-30(17-25-20-40-29-16-10-9-15-28(25)29)35(49)46-32(37(51)48-53-4)19-27-22-42-34(44-27)24-13-7-8-14-24/h9-10,15-16,20-24,30-32,40H,5-8,11-14,17-19H2,1-4H3,(H,41,43)(H,42,44)(H,45,50)(H,46,49)(H,47,52)(H,48,51)/t30-,31-,32-/m0/s1. The largest absolute Gasteiger partial charge is 0.444 e. The molecule has 1 aromatic carbocycles. The minimum Gasteiger partial charge on any atom is -0.444 e. The van der Waals surface area contributed by atoms with Crippen molar-refractivity contribution >= 4 is 34.7 Å². The monoisotopic (exact) mass is 743 g/mol. The number of carbonyl (C=O) groups is 4. The predicted octanol–water partition coefficient (Wildman–Crippen LogP) is 4.50. The van der Waals surface area contributed by atoms with Crippen molar-refractivity contribution in [2.24, 2.45) is 0 Å². The molecule has 15 heteroatoms. The van der Waals surface area contributed by atoms with E-state index in [1.54, 1.807) is 39.4 Å². The maximum Gasteiger partial charge on any atom is 0.408 e. The molecule has 2 fully saturated rings. The van der Waals surface area contributed by atoms with E-state index in [4.69, 9.17) is 9.57 Å². The van der Waals surface area contributed by atoms with Crippen LogP contribution in [0, 0.1) is 0 Å². The van der Waals surface area contributed by atoms with Gasteiger partial charge in [0.25, 0.3) is 5.91 Å². The van der Waals surface area contributed by atoms with Crippen LogP contribution in [0.4, 0.5) is 4.79 Å². The summed E-state index contributed by atoms with van der Waals surface area (Å²) in [4.78, 5) is 78.9. The minimum atomic E-state index is -1.15. The number of para-hydroxylation sites is 1. The van der Waals surface area contributed by atoms with E-state index < -0.39 is 47.5 Å².